The third-order valence-corrected chi connectivity index (χ3v) is 8.85. The number of ether oxygens (including phenoxy) is 1. The van der Waals surface area contributed by atoms with Gasteiger partial charge in [0.05, 0.1) is 6.26 Å². The van der Waals surface area contributed by atoms with Gasteiger partial charge in [0, 0.05) is 24.0 Å². The number of hydrogen-bond acceptors (Lipinski definition) is 7. The van der Waals surface area contributed by atoms with E-state index < -0.39 is 10.0 Å². The van der Waals surface area contributed by atoms with E-state index in [-0.39, 0.29) is 36.2 Å². The fraction of sp³-hybridized carbons (Fsp3) is 0.615. The molecule has 1 aromatic heterocycles. The van der Waals surface area contributed by atoms with E-state index >= 15 is 0 Å². The lowest BCUT2D eigenvalue weighted by Crippen LogP contribution is -2.53. The van der Waals surface area contributed by atoms with E-state index in [9.17, 15) is 13.2 Å². The maximum absolute atomic E-state index is 13.6. The molecule has 1 aromatic carbocycles. The number of sulfonamides is 1. The van der Waals surface area contributed by atoms with Gasteiger partial charge in [0.15, 0.2) is 0 Å². The smallest absolute Gasteiger partial charge is 0.291 e. The molecule has 0 spiro atoms. The van der Waals surface area contributed by atoms with Crippen molar-refractivity contribution in [3.05, 3.63) is 36.1 Å². The van der Waals surface area contributed by atoms with Crippen molar-refractivity contribution in [1.29, 1.82) is 0 Å². The van der Waals surface area contributed by atoms with Gasteiger partial charge in [-0.2, -0.15) is 0 Å². The molecule has 3 rings (SSSR count). The lowest BCUT2D eigenvalue weighted by Gasteiger charge is -2.44. The average Bonchev–Trinajstić information content (AvgIpc) is 3.14. The number of rotatable bonds is 11. The van der Waals surface area contributed by atoms with Gasteiger partial charge < -0.3 is 14.6 Å². The SMILES string of the molecule is CC(C)CC1(NC(=O)c2onc(OCCN(C)S(C)(=O)=O)c2Sc2ccccc2)CC(C)CC(C)C1. The van der Waals surface area contributed by atoms with Crippen LogP contribution >= 0.6 is 11.8 Å². The molecule has 0 radical (unpaired) electrons. The topological polar surface area (TPSA) is 102 Å². The van der Waals surface area contributed by atoms with Crippen molar-refractivity contribution < 1.29 is 22.5 Å². The lowest BCUT2D eigenvalue weighted by molar-refractivity contribution is 0.0719. The molecule has 2 aromatic rings. The predicted octanol–water partition coefficient (Wildman–Crippen LogP) is 5.07. The summed E-state index contributed by atoms with van der Waals surface area (Å²) in [6, 6.07) is 9.63. The van der Waals surface area contributed by atoms with Crippen LogP contribution in [0, 0.1) is 17.8 Å². The highest BCUT2D eigenvalue weighted by Gasteiger charge is 2.41. The zero-order valence-corrected chi connectivity index (χ0v) is 23.7. The van der Waals surface area contributed by atoms with Gasteiger partial charge in [-0.3, -0.25) is 4.79 Å². The van der Waals surface area contributed by atoms with Crippen molar-refractivity contribution in [3.8, 4) is 5.88 Å². The molecule has 1 N–H and O–H groups in total. The first kappa shape index (κ1) is 28.5. The Morgan fingerprint density at radius 3 is 2.47 bits per heavy atom. The molecule has 1 amide bonds. The molecule has 10 heteroatoms. The molecule has 200 valence electrons. The molecular weight excluding hydrogens is 498 g/mol. The first-order valence-corrected chi connectivity index (χ1v) is 15.1. The van der Waals surface area contributed by atoms with Gasteiger partial charge in [-0.15, -0.1) is 0 Å². The molecule has 1 aliphatic rings. The van der Waals surface area contributed by atoms with Gasteiger partial charge in [-0.05, 0) is 60.7 Å². The third-order valence-electron chi connectivity index (χ3n) is 6.46. The molecule has 36 heavy (non-hydrogen) atoms. The van der Waals surface area contributed by atoms with Crippen molar-refractivity contribution in [3.63, 3.8) is 0 Å². The largest absolute Gasteiger partial charge is 0.473 e. The second-order valence-corrected chi connectivity index (χ2v) is 13.9. The minimum atomic E-state index is -3.33. The number of likely N-dealkylation sites (N-methyl/N-ethyl adjacent to an activating group) is 1. The maximum atomic E-state index is 13.6. The summed E-state index contributed by atoms with van der Waals surface area (Å²) in [4.78, 5) is 15.0. The quantitative estimate of drug-likeness (QED) is 0.427. The van der Waals surface area contributed by atoms with Crippen molar-refractivity contribution >= 4 is 27.7 Å². The fourth-order valence-corrected chi connectivity index (χ4v) is 6.65. The van der Waals surface area contributed by atoms with Crippen LogP contribution in [0.5, 0.6) is 5.88 Å². The molecule has 1 aliphatic carbocycles. The summed E-state index contributed by atoms with van der Waals surface area (Å²) in [6.45, 7) is 9.09. The van der Waals surface area contributed by atoms with Crippen LogP contribution in [0.2, 0.25) is 0 Å². The van der Waals surface area contributed by atoms with E-state index in [1.165, 1.54) is 23.1 Å². The molecule has 8 nitrogen and oxygen atoms in total. The molecule has 2 unspecified atom stereocenters. The Bertz CT molecular complexity index is 1100. The summed E-state index contributed by atoms with van der Waals surface area (Å²) < 4.78 is 36.0. The van der Waals surface area contributed by atoms with Crippen LogP contribution in [-0.4, -0.2) is 55.8 Å². The first-order valence-electron chi connectivity index (χ1n) is 12.5. The lowest BCUT2D eigenvalue weighted by atomic mass is 9.68. The molecule has 1 heterocycles. The minimum absolute atomic E-state index is 0.0752. The summed E-state index contributed by atoms with van der Waals surface area (Å²) in [5.74, 6) is 1.47. The van der Waals surface area contributed by atoms with Gasteiger partial charge in [0.25, 0.3) is 11.8 Å². The maximum Gasteiger partial charge on any atom is 0.291 e. The number of carbonyl (C=O) groups excluding carboxylic acids is 1. The second kappa shape index (κ2) is 12.0. The molecule has 1 saturated carbocycles. The number of nitrogens with zero attached hydrogens (tertiary/aromatic N) is 2. The van der Waals surface area contributed by atoms with E-state index in [1.807, 2.05) is 30.3 Å². The highest BCUT2D eigenvalue weighted by Crippen LogP contribution is 2.41. The standard InChI is InChI=1S/C26H39N3O5S2/c1-18(2)15-26(16-19(3)14-20(4)17-26)27-24(30)22-23(35-21-10-8-7-9-11-21)25(28-34-22)33-13-12-29(5)36(6,31)32/h7-11,18-20H,12-17H2,1-6H3,(H,27,30). The van der Waals surface area contributed by atoms with Crippen molar-refractivity contribution in [2.75, 3.05) is 26.5 Å². The van der Waals surface area contributed by atoms with Gasteiger partial charge in [0.2, 0.25) is 15.8 Å². The van der Waals surface area contributed by atoms with E-state index in [2.05, 4.69) is 38.2 Å². The van der Waals surface area contributed by atoms with Crippen LogP contribution in [0.4, 0.5) is 0 Å². The van der Waals surface area contributed by atoms with Crippen LogP contribution in [-0.2, 0) is 10.0 Å². The zero-order valence-electron chi connectivity index (χ0n) is 22.1. The van der Waals surface area contributed by atoms with Gasteiger partial charge in [-0.25, -0.2) is 12.7 Å². The number of benzene rings is 1. The predicted molar refractivity (Wildman–Crippen MR) is 142 cm³/mol. The second-order valence-electron chi connectivity index (χ2n) is 10.7. The number of hydrogen-bond donors (Lipinski definition) is 1. The summed E-state index contributed by atoms with van der Waals surface area (Å²) in [5, 5.41) is 7.40. The first-order chi connectivity index (χ1) is 16.9. The summed E-state index contributed by atoms with van der Waals surface area (Å²) in [5.41, 5.74) is -0.303. The number of nitrogens with one attached hydrogen (secondary N) is 1. The Hall–Kier alpha value is -2.04. The molecule has 1 fully saturated rings. The van der Waals surface area contributed by atoms with Crippen LogP contribution in [0.25, 0.3) is 0 Å². The highest BCUT2D eigenvalue weighted by molar-refractivity contribution is 7.99. The van der Waals surface area contributed by atoms with Gasteiger partial charge in [-0.1, -0.05) is 57.7 Å². The summed E-state index contributed by atoms with van der Waals surface area (Å²) in [7, 11) is -1.84. The third kappa shape index (κ3) is 7.73. The average molecular weight is 538 g/mol. The van der Waals surface area contributed by atoms with Crippen LogP contribution in [0.15, 0.2) is 44.6 Å². The van der Waals surface area contributed by atoms with Crippen LogP contribution in [0.3, 0.4) is 0 Å². The molecule has 0 aliphatic heterocycles. The molecule has 2 atom stereocenters. The fourth-order valence-electron chi connectivity index (χ4n) is 5.31. The number of aromatic nitrogens is 1. The van der Waals surface area contributed by atoms with E-state index in [0.717, 1.165) is 36.8 Å². The summed E-state index contributed by atoms with van der Waals surface area (Å²) >= 11 is 1.34. The Morgan fingerprint density at radius 1 is 1.25 bits per heavy atom. The van der Waals surface area contributed by atoms with E-state index in [0.29, 0.717) is 22.6 Å². The normalized spacial score (nSPS) is 22.7. The van der Waals surface area contributed by atoms with E-state index in [4.69, 9.17) is 9.26 Å². The highest BCUT2D eigenvalue weighted by atomic mass is 32.2. The van der Waals surface area contributed by atoms with Gasteiger partial charge >= 0.3 is 0 Å². The monoisotopic (exact) mass is 537 g/mol. The molecule has 0 bridgehead atoms. The van der Waals surface area contributed by atoms with Gasteiger partial charge in [0.1, 0.15) is 11.5 Å². The van der Waals surface area contributed by atoms with Crippen molar-refractivity contribution in [2.24, 2.45) is 17.8 Å². The van der Waals surface area contributed by atoms with E-state index in [1.54, 1.807) is 0 Å². The Balaban J connectivity index is 1.86. The Morgan fingerprint density at radius 2 is 1.89 bits per heavy atom. The van der Waals surface area contributed by atoms with Crippen molar-refractivity contribution in [2.45, 2.75) is 68.7 Å². The molecular formula is C26H39N3O5S2. The Labute approximate surface area is 219 Å². The van der Waals surface area contributed by atoms with Crippen LogP contribution < -0.4 is 10.1 Å². The Kier molecular flexibility index (Phi) is 9.51. The zero-order chi connectivity index (χ0) is 26.5. The minimum Gasteiger partial charge on any atom is -0.473 e. The number of amides is 1. The van der Waals surface area contributed by atoms with Crippen molar-refractivity contribution in [1.82, 2.24) is 14.8 Å². The number of carbonyl (C=O) groups is 1. The van der Waals surface area contributed by atoms with Crippen LogP contribution in [0.1, 0.15) is 63.9 Å². The molecule has 0 saturated heterocycles. The summed E-state index contributed by atoms with van der Waals surface area (Å²) in [6.07, 6.45) is 5.05.